The lowest BCUT2D eigenvalue weighted by Gasteiger charge is -2.07. The van der Waals surface area contributed by atoms with E-state index in [0.717, 1.165) is 32.1 Å². The van der Waals surface area contributed by atoms with E-state index in [9.17, 15) is 4.79 Å². The zero-order valence-electron chi connectivity index (χ0n) is 11.2. The quantitative estimate of drug-likeness (QED) is 0.599. The van der Waals surface area contributed by atoms with Crippen molar-refractivity contribution in [1.29, 1.82) is 0 Å². The van der Waals surface area contributed by atoms with Gasteiger partial charge in [-0.25, -0.2) is 0 Å². The Balaban J connectivity index is 0.00000180. The molecule has 1 aromatic rings. The number of benzene rings is 1. The van der Waals surface area contributed by atoms with Gasteiger partial charge in [0.1, 0.15) is 5.78 Å². The molecule has 108 valence electrons. The summed E-state index contributed by atoms with van der Waals surface area (Å²) in [7, 11) is 0. The van der Waals surface area contributed by atoms with Gasteiger partial charge in [0.25, 0.3) is 0 Å². The predicted octanol–water partition coefficient (Wildman–Crippen LogP) is 5.43. The summed E-state index contributed by atoms with van der Waals surface area (Å²) in [6.45, 7) is 0. The van der Waals surface area contributed by atoms with Crippen molar-refractivity contribution in [2.45, 2.75) is 65.2 Å². The van der Waals surface area contributed by atoms with E-state index in [1.165, 1.54) is 31.2 Å². The fraction of sp³-hybridized carbons (Fsp3) is 0.611. The first-order valence-electron chi connectivity index (χ1n) is 7.40. The van der Waals surface area contributed by atoms with Gasteiger partial charge in [-0.2, -0.15) is 0 Å². The highest BCUT2D eigenvalue weighted by Gasteiger charge is 2.17. The van der Waals surface area contributed by atoms with Crippen LogP contribution in [0.15, 0.2) is 30.3 Å². The number of hydrogen-bond acceptors (Lipinski definition) is 1. The number of hydrogen-bond donors (Lipinski definition) is 0. The summed E-state index contributed by atoms with van der Waals surface area (Å²) in [5.41, 5.74) is 1.39. The van der Waals surface area contributed by atoms with Crippen LogP contribution in [0.4, 0.5) is 0 Å². The average Bonchev–Trinajstić information content (AvgIpc) is 2.89. The zero-order chi connectivity index (χ0) is 12.6. The van der Waals surface area contributed by atoms with Crippen LogP contribution >= 0.6 is 0 Å². The Morgan fingerprint density at radius 1 is 1.11 bits per heavy atom. The van der Waals surface area contributed by atoms with Crippen LogP contribution in [0.3, 0.4) is 0 Å². The third-order valence-electron chi connectivity index (χ3n) is 4.00. The lowest BCUT2D eigenvalue weighted by Crippen LogP contribution is -2.05. The lowest BCUT2D eigenvalue weighted by atomic mass is 9.97. The van der Waals surface area contributed by atoms with Crippen LogP contribution in [-0.4, -0.2) is 5.78 Å². The molecule has 0 bridgehead atoms. The van der Waals surface area contributed by atoms with Gasteiger partial charge in [-0.1, -0.05) is 63.4 Å². The van der Waals surface area contributed by atoms with E-state index in [4.69, 9.17) is 0 Å². The Morgan fingerprint density at radius 3 is 2.47 bits per heavy atom. The third kappa shape index (κ3) is 6.04. The predicted molar refractivity (Wildman–Crippen MR) is 84.4 cm³/mol. The normalized spacial score (nSPS) is 15.2. The first kappa shape index (κ1) is 15.9. The van der Waals surface area contributed by atoms with Crippen molar-refractivity contribution in [2.75, 3.05) is 0 Å². The van der Waals surface area contributed by atoms with Gasteiger partial charge in [-0.15, -0.1) is 0 Å². The molecule has 1 fully saturated rings. The topological polar surface area (TPSA) is 17.1 Å². The molecular formula is C18H30O. The Kier molecular flexibility index (Phi) is 7.47. The van der Waals surface area contributed by atoms with Gasteiger partial charge >= 0.3 is 0 Å². The van der Waals surface area contributed by atoms with Crippen LogP contribution in [0, 0.1) is 5.92 Å². The minimum absolute atomic E-state index is 0. The SMILES string of the molecule is C.O=C(CCCCc1ccccc1)CC1CCCC1.[HH]. The number of unbranched alkanes of at least 4 members (excludes halogenated alkanes) is 1. The second-order valence-corrected chi connectivity index (χ2v) is 5.59. The molecule has 1 aliphatic rings. The van der Waals surface area contributed by atoms with Crippen LogP contribution in [0.25, 0.3) is 0 Å². The molecule has 0 aromatic heterocycles. The fourth-order valence-corrected chi connectivity index (χ4v) is 2.93. The number of aryl methyl sites for hydroxylation is 1. The van der Waals surface area contributed by atoms with Crippen molar-refractivity contribution in [3.05, 3.63) is 35.9 Å². The van der Waals surface area contributed by atoms with Crippen molar-refractivity contribution in [3.63, 3.8) is 0 Å². The molecule has 0 radical (unpaired) electrons. The highest BCUT2D eigenvalue weighted by molar-refractivity contribution is 5.78. The van der Waals surface area contributed by atoms with E-state index in [1.54, 1.807) is 0 Å². The highest BCUT2D eigenvalue weighted by atomic mass is 16.1. The van der Waals surface area contributed by atoms with Crippen molar-refractivity contribution < 1.29 is 6.22 Å². The van der Waals surface area contributed by atoms with E-state index >= 15 is 0 Å². The second-order valence-electron chi connectivity index (χ2n) is 5.59. The number of Topliss-reactive ketones (excluding diaryl/α,β-unsaturated/α-hetero) is 1. The molecule has 0 heterocycles. The highest BCUT2D eigenvalue weighted by Crippen LogP contribution is 2.28. The summed E-state index contributed by atoms with van der Waals surface area (Å²) < 4.78 is 0. The molecule has 0 saturated heterocycles. The molecule has 0 N–H and O–H groups in total. The smallest absolute Gasteiger partial charge is 0.133 e. The molecule has 0 atom stereocenters. The van der Waals surface area contributed by atoms with Gasteiger partial charge in [0, 0.05) is 14.3 Å². The van der Waals surface area contributed by atoms with E-state index < -0.39 is 0 Å². The molecular weight excluding hydrogens is 232 g/mol. The molecule has 1 aliphatic carbocycles. The van der Waals surface area contributed by atoms with Crippen LogP contribution < -0.4 is 0 Å². The second kappa shape index (κ2) is 8.90. The maximum Gasteiger partial charge on any atom is 0.133 e. The monoisotopic (exact) mass is 262 g/mol. The molecule has 1 saturated carbocycles. The summed E-state index contributed by atoms with van der Waals surface area (Å²) in [6.07, 6.45) is 10.2. The molecule has 1 heteroatoms. The molecule has 0 amide bonds. The van der Waals surface area contributed by atoms with Gasteiger partial charge in [0.15, 0.2) is 0 Å². The summed E-state index contributed by atoms with van der Waals surface area (Å²) in [5.74, 6) is 1.21. The summed E-state index contributed by atoms with van der Waals surface area (Å²) in [4.78, 5) is 11.8. The molecule has 0 unspecified atom stereocenters. The largest absolute Gasteiger partial charge is 0.300 e. The average molecular weight is 262 g/mol. The van der Waals surface area contributed by atoms with Crippen molar-refractivity contribution in [2.24, 2.45) is 5.92 Å². The Morgan fingerprint density at radius 2 is 1.79 bits per heavy atom. The minimum atomic E-state index is 0. The standard InChI is InChI=1S/C17H24O.CH4.H2/c18-17(14-16-11-4-5-12-16)13-7-6-10-15-8-2-1-3-9-15;;/h1-3,8-9,16H,4-7,10-14H2;1H4;1H. The van der Waals surface area contributed by atoms with E-state index in [1.807, 2.05) is 0 Å². The summed E-state index contributed by atoms with van der Waals surface area (Å²) in [5, 5.41) is 0. The molecule has 19 heavy (non-hydrogen) atoms. The van der Waals surface area contributed by atoms with Crippen LogP contribution in [0.1, 0.15) is 65.8 Å². The number of carbonyl (C=O) groups excluding carboxylic acids is 1. The molecule has 1 aromatic carbocycles. The van der Waals surface area contributed by atoms with E-state index in [0.29, 0.717) is 11.7 Å². The van der Waals surface area contributed by atoms with Gasteiger partial charge in [0.2, 0.25) is 0 Å². The summed E-state index contributed by atoms with van der Waals surface area (Å²) in [6, 6.07) is 10.6. The Bertz CT molecular complexity index is 355. The summed E-state index contributed by atoms with van der Waals surface area (Å²) >= 11 is 0. The lowest BCUT2D eigenvalue weighted by molar-refractivity contribution is -0.120. The molecule has 0 spiro atoms. The van der Waals surface area contributed by atoms with Gasteiger partial charge in [-0.05, 0) is 30.7 Å². The maximum atomic E-state index is 11.8. The van der Waals surface area contributed by atoms with Gasteiger partial charge in [-0.3, -0.25) is 4.79 Å². The maximum absolute atomic E-state index is 11.8. The van der Waals surface area contributed by atoms with Crippen LogP contribution in [-0.2, 0) is 11.2 Å². The Labute approximate surface area is 119 Å². The first-order chi connectivity index (χ1) is 8.84. The van der Waals surface area contributed by atoms with E-state index in [-0.39, 0.29) is 8.85 Å². The molecule has 2 rings (SSSR count). The van der Waals surface area contributed by atoms with Crippen molar-refractivity contribution >= 4 is 5.78 Å². The number of rotatable bonds is 7. The number of carbonyl (C=O) groups is 1. The zero-order valence-corrected chi connectivity index (χ0v) is 11.2. The molecule has 0 aliphatic heterocycles. The molecule has 1 nitrogen and oxygen atoms in total. The number of ketones is 1. The van der Waals surface area contributed by atoms with E-state index in [2.05, 4.69) is 30.3 Å². The van der Waals surface area contributed by atoms with Gasteiger partial charge < -0.3 is 0 Å². The van der Waals surface area contributed by atoms with Crippen molar-refractivity contribution in [1.82, 2.24) is 0 Å². The third-order valence-corrected chi connectivity index (χ3v) is 4.00. The first-order valence-corrected chi connectivity index (χ1v) is 7.40. The van der Waals surface area contributed by atoms with Crippen LogP contribution in [0.2, 0.25) is 0 Å². The van der Waals surface area contributed by atoms with Crippen LogP contribution in [0.5, 0.6) is 0 Å². The Hall–Kier alpha value is -1.11. The van der Waals surface area contributed by atoms with Crippen molar-refractivity contribution in [3.8, 4) is 0 Å². The fourth-order valence-electron chi connectivity index (χ4n) is 2.93. The minimum Gasteiger partial charge on any atom is -0.300 e. The van der Waals surface area contributed by atoms with Gasteiger partial charge in [0.05, 0.1) is 0 Å².